The number of aliphatic hydroxyl groups excluding tert-OH is 1. The van der Waals surface area contributed by atoms with Gasteiger partial charge >= 0.3 is 0 Å². The second-order valence-electron chi connectivity index (χ2n) is 9.85. The fourth-order valence-electron chi connectivity index (χ4n) is 5.71. The van der Waals surface area contributed by atoms with Crippen LogP contribution in [0.4, 0.5) is 11.8 Å². The molecule has 2 fully saturated rings. The molecule has 0 amide bonds. The highest BCUT2D eigenvalue weighted by molar-refractivity contribution is 7.85. The van der Waals surface area contributed by atoms with Gasteiger partial charge in [0.15, 0.2) is 0 Å². The lowest BCUT2D eigenvalue weighted by Crippen LogP contribution is -2.49. The third-order valence-corrected chi connectivity index (χ3v) is 9.53. The highest BCUT2D eigenvalue weighted by atomic mass is 35.5. The van der Waals surface area contributed by atoms with Crippen molar-refractivity contribution in [2.75, 3.05) is 29.1 Å². The summed E-state index contributed by atoms with van der Waals surface area (Å²) in [7, 11) is -1.11. The van der Waals surface area contributed by atoms with Crippen LogP contribution in [-0.4, -0.2) is 49.8 Å². The molecule has 2 bridgehead atoms. The van der Waals surface area contributed by atoms with Gasteiger partial charge in [-0.3, -0.25) is 4.21 Å². The molecule has 1 saturated carbocycles. The van der Waals surface area contributed by atoms with Crippen LogP contribution in [0.2, 0.25) is 5.02 Å². The molecule has 33 heavy (non-hydrogen) atoms. The molecule has 0 spiro atoms. The van der Waals surface area contributed by atoms with Gasteiger partial charge < -0.3 is 15.3 Å². The molecule has 2 aromatic rings. The predicted octanol–water partition coefficient (Wildman–Crippen LogP) is 4.19. The third kappa shape index (κ3) is 3.78. The highest BCUT2D eigenvalue weighted by Crippen LogP contribution is 2.45. The summed E-state index contributed by atoms with van der Waals surface area (Å²) < 4.78 is 13.1. The molecular weight excluding hydrogens is 456 g/mol. The Hall–Kier alpha value is -1.96. The van der Waals surface area contributed by atoms with Gasteiger partial charge in [0.05, 0.1) is 34.7 Å². The molecule has 2 unspecified atom stereocenters. The van der Waals surface area contributed by atoms with Gasteiger partial charge in [-0.25, -0.2) is 4.98 Å². The molecular formula is C25H29ClN4O2S. The van der Waals surface area contributed by atoms with Crippen molar-refractivity contribution in [1.82, 2.24) is 9.97 Å². The average Bonchev–Trinajstić information content (AvgIpc) is 3.35. The van der Waals surface area contributed by atoms with Crippen molar-refractivity contribution in [1.29, 1.82) is 0 Å². The van der Waals surface area contributed by atoms with E-state index in [1.807, 2.05) is 12.1 Å². The van der Waals surface area contributed by atoms with E-state index < -0.39 is 10.8 Å². The Balaban J connectivity index is 1.35. The number of anilines is 2. The van der Waals surface area contributed by atoms with E-state index in [1.54, 1.807) is 0 Å². The van der Waals surface area contributed by atoms with Crippen LogP contribution in [0.1, 0.15) is 49.8 Å². The molecule has 4 aliphatic rings. The highest BCUT2D eigenvalue weighted by Gasteiger charge is 2.42. The molecule has 6 nitrogen and oxygen atoms in total. The Morgan fingerprint density at radius 2 is 2.00 bits per heavy atom. The number of nitrogens with one attached hydrogen (secondary N) is 1. The molecule has 1 aromatic carbocycles. The SMILES string of the molecule is O=[S@@]1CCCCc2nc(N3CC4CC3C=C4c3ccc(Cl)cc3)nc(NC3(CO)CCC3)c21. The van der Waals surface area contributed by atoms with E-state index >= 15 is 0 Å². The lowest BCUT2D eigenvalue weighted by Gasteiger charge is -2.42. The summed E-state index contributed by atoms with van der Waals surface area (Å²) in [5.74, 6) is 2.49. The van der Waals surface area contributed by atoms with Crippen LogP contribution in [0.5, 0.6) is 0 Å². The minimum Gasteiger partial charge on any atom is -0.394 e. The molecule has 1 aromatic heterocycles. The van der Waals surface area contributed by atoms with Gasteiger partial charge in [-0.15, -0.1) is 0 Å². The van der Waals surface area contributed by atoms with Gasteiger partial charge in [0.2, 0.25) is 5.95 Å². The Bertz CT molecular complexity index is 1130. The molecule has 2 N–H and O–H groups in total. The first-order valence-electron chi connectivity index (χ1n) is 12.0. The van der Waals surface area contributed by atoms with Crippen molar-refractivity contribution in [2.24, 2.45) is 5.92 Å². The summed E-state index contributed by atoms with van der Waals surface area (Å²) in [5.41, 5.74) is 3.19. The largest absolute Gasteiger partial charge is 0.394 e. The summed E-state index contributed by atoms with van der Waals surface area (Å²) in [5, 5.41) is 14.3. The van der Waals surface area contributed by atoms with Crippen molar-refractivity contribution < 1.29 is 9.32 Å². The molecule has 3 heterocycles. The molecule has 174 valence electrons. The predicted molar refractivity (Wildman–Crippen MR) is 132 cm³/mol. The number of nitrogens with zero attached hydrogens (tertiary/aromatic N) is 3. The van der Waals surface area contributed by atoms with Gasteiger partial charge in [-0.2, -0.15) is 4.98 Å². The van der Waals surface area contributed by atoms with E-state index in [-0.39, 0.29) is 18.2 Å². The minimum absolute atomic E-state index is 0.0648. The van der Waals surface area contributed by atoms with E-state index in [0.717, 1.165) is 73.1 Å². The Morgan fingerprint density at radius 1 is 1.18 bits per heavy atom. The zero-order chi connectivity index (χ0) is 22.6. The molecule has 6 rings (SSSR count). The number of aliphatic hydroxyl groups is 1. The lowest BCUT2D eigenvalue weighted by atomic mass is 9.77. The monoisotopic (exact) mass is 484 g/mol. The van der Waals surface area contributed by atoms with Crippen LogP contribution >= 0.6 is 11.6 Å². The maximum atomic E-state index is 13.1. The fourth-order valence-corrected chi connectivity index (χ4v) is 7.23. The number of aromatic nitrogens is 2. The van der Waals surface area contributed by atoms with E-state index in [0.29, 0.717) is 17.5 Å². The number of aryl methyl sites for hydroxylation is 1. The summed E-state index contributed by atoms with van der Waals surface area (Å²) in [4.78, 5) is 13.0. The number of hydrogen-bond acceptors (Lipinski definition) is 6. The van der Waals surface area contributed by atoms with Gasteiger partial charge in [-0.1, -0.05) is 29.8 Å². The van der Waals surface area contributed by atoms with Gasteiger partial charge in [0.1, 0.15) is 10.7 Å². The first kappa shape index (κ1) is 21.6. The zero-order valence-corrected chi connectivity index (χ0v) is 20.2. The lowest BCUT2D eigenvalue weighted by molar-refractivity contribution is 0.143. The fraction of sp³-hybridized carbons (Fsp3) is 0.520. The standard InChI is InChI=1S/C25H29ClN4O2S/c26-18-7-5-16(6-8-18)20-13-19-12-17(20)14-30(19)24-27-21-4-1-2-11-33(32)22(21)23(28-24)29-25(15-31)9-3-10-25/h5-8,13,17,19,31H,1-4,9-12,14-15H2,(H,27,28,29)/t17?,19?,33-/m1/s1. The Labute approximate surface area is 201 Å². The van der Waals surface area contributed by atoms with E-state index in [9.17, 15) is 9.32 Å². The van der Waals surface area contributed by atoms with Gasteiger partial charge in [0, 0.05) is 23.2 Å². The Morgan fingerprint density at radius 3 is 2.67 bits per heavy atom. The van der Waals surface area contributed by atoms with Crippen molar-refractivity contribution in [3.8, 4) is 0 Å². The van der Waals surface area contributed by atoms with Crippen LogP contribution in [0.25, 0.3) is 5.57 Å². The first-order valence-corrected chi connectivity index (χ1v) is 13.7. The second kappa shape index (κ2) is 8.36. The maximum absolute atomic E-state index is 13.1. The van der Waals surface area contributed by atoms with Gasteiger partial charge in [-0.05, 0) is 68.2 Å². The first-order chi connectivity index (χ1) is 16.0. The number of rotatable bonds is 5. The summed E-state index contributed by atoms with van der Waals surface area (Å²) >= 11 is 6.08. The quantitative estimate of drug-likeness (QED) is 0.662. The van der Waals surface area contributed by atoms with Crippen molar-refractivity contribution in [3.05, 3.63) is 46.6 Å². The van der Waals surface area contributed by atoms with E-state index in [1.165, 1.54) is 11.1 Å². The number of benzene rings is 1. The van der Waals surface area contributed by atoms with Crippen molar-refractivity contribution in [3.63, 3.8) is 0 Å². The second-order valence-corrected chi connectivity index (χ2v) is 11.8. The van der Waals surface area contributed by atoms with E-state index in [2.05, 4.69) is 28.4 Å². The van der Waals surface area contributed by atoms with Crippen LogP contribution in [-0.2, 0) is 17.2 Å². The molecule has 1 saturated heterocycles. The van der Waals surface area contributed by atoms with Crippen molar-refractivity contribution >= 4 is 39.7 Å². The molecule has 8 heteroatoms. The summed E-state index contributed by atoms with van der Waals surface area (Å²) in [6, 6.07) is 8.36. The smallest absolute Gasteiger partial charge is 0.228 e. The summed E-state index contributed by atoms with van der Waals surface area (Å²) in [6.45, 7) is 0.945. The average molecular weight is 485 g/mol. The normalized spacial score (nSPS) is 27.5. The summed E-state index contributed by atoms with van der Waals surface area (Å²) in [6.07, 6.45) is 9.07. The van der Waals surface area contributed by atoms with Crippen LogP contribution in [0.3, 0.4) is 0 Å². The van der Waals surface area contributed by atoms with Crippen LogP contribution < -0.4 is 10.2 Å². The number of fused-ring (bicyclic) bond motifs is 3. The van der Waals surface area contributed by atoms with Crippen LogP contribution in [0.15, 0.2) is 35.2 Å². The molecule has 3 atom stereocenters. The number of halogens is 1. The molecule has 2 aliphatic heterocycles. The van der Waals surface area contributed by atoms with Crippen LogP contribution in [0, 0.1) is 5.92 Å². The number of hydrogen-bond donors (Lipinski definition) is 2. The topological polar surface area (TPSA) is 78.4 Å². The van der Waals surface area contributed by atoms with Gasteiger partial charge in [0.25, 0.3) is 0 Å². The molecule has 2 aliphatic carbocycles. The van der Waals surface area contributed by atoms with E-state index in [4.69, 9.17) is 21.6 Å². The third-order valence-electron chi connectivity index (χ3n) is 7.73. The Kier molecular flexibility index (Phi) is 5.46. The minimum atomic E-state index is -1.11. The maximum Gasteiger partial charge on any atom is 0.228 e. The van der Waals surface area contributed by atoms with Crippen molar-refractivity contribution in [2.45, 2.75) is 61.4 Å². The zero-order valence-electron chi connectivity index (χ0n) is 18.6. The molecule has 0 radical (unpaired) electrons.